The molecule has 2 heteroatoms. The summed E-state index contributed by atoms with van der Waals surface area (Å²) in [5.41, 5.74) is 5.54. The van der Waals surface area contributed by atoms with E-state index in [0.29, 0.717) is 6.04 Å². The standard InChI is InChI=1S/C18H22N2/c1-20(2)13-14-6-5-8-16(12-14)19-18-11-10-15-7-3-4-9-17(15)18/h3-9,12,18-19H,10-11,13H2,1-2H3. The van der Waals surface area contributed by atoms with E-state index in [9.17, 15) is 0 Å². The second-order valence-electron chi connectivity index (χ2n) is 5.87. The molecule has 0 radical (unpaired) electrons. The minimum atomic E-state index is 0.459. The van der Waals surface area contributed by atoms with Gasteiger partial charge >= 0.3 is 0 Å². The van der Waals surface area contributed by atoms with E-state index < -0.39 is 0 Å². The van der Waals surface area contributed by atoms with E-state index in [1.165, 1.54) is 35.2 Å². The SMILES string of the molecule is CN(C)Cc1cccc(NC2CCc3ccccc32)c1. The molecule has 1 unspecified atom stereocenters. The van der Waals surface area contributed by atoms with Crippen molar-refractivity contribution in [3.63, 3.8) is 0 Å². The molecule has 0 heterocycles. The monoisotopic (exact) mass is 266 g/mol. The molecule has 0 fully saturated rings. The Morgan fingerprint density at radius 1 is 1.10 bits per heavy atom. The van der Waals surface area contributed by atoms with Gasteiger partial charge in [-0.15, -0.1) is 0 Å². The number of nitrogens with zero attached hydrogens (tertiary/aromatic N) is 1. The molecule has 0 saturated heterocycles. The predicted octanol–water partition coefficient (Wildman–Crippen LogP) is 3.85. The lowest BCUT2D eigenvalue weighted by Gasteiger charge is -2.17. The molecule has 2 aromatic carbocycles. The van der Waals surface area contributed by atoms with Gasteiger partial charge in [-0.25, -0.2) is 0 Å². The highest BCUT2D eigenvalue weighted by Gasteiger charge is 2.21. The summed E-state index contributed by atoms with van der Waals surface area (Å²) in [7, 11) is 4.21. The first kappa shape index (κ1) is 13.2. The summed E-state index contributed by atoms with van der Waals surface area (Å²) in [6.45, 7) is 0.983. The van der Waals surface area contributed by atoms with Crippen molar-refractivity contribution >= 4 is 5.69 Å². The normalized spacial score (nSPS) is 17.2. The Morgan fingerprint density at radius 2 is 1.95 bits per heavy atom. The molecule has 0 spiro atoms. The average Bonchev–Trinajstić information content (AvgIpc) is 2.82. The number of aryl methyl sites for hydroxylation is 1. The van der Waals surface area contributed by atoms with Crippen LogP contribution in [0.1, 0.15) is 29.2 Å². The first-order valence-corrected chi connectivity index (χ1v) is 7.30. The molecule has 1 atom stereocenters. The fraction of sp³-hybridized carbons (Fsp3) is 0.333. The molecule has 0 aliphatic heterocycles. The molecule has 20 heavy (non-hydrogen) atoms. The number of rotatable bonds is 4. The highest BCUT2D eigenvalue weighted by atomic mass is 15.0. The van der Waals surface area contributed by atoms with Gasteiger partial charge in [0.25, 0.3) is 0 Å². The fourth-order valence-electron chi connectivity index (χ4n) is 3.03. The van der Waals surface area contributed by atoms with Crippen molar-refractivity contribution in [3.05, 3.63) is 65.2 Å². The summed E-state index contributed by atoms with van der Waals surface area (Å²) in [5.74, 6) is 0. The van der Waals surface area contributed by atoms with E-state index >= 15 is 0 Å². The zero-order valence-electron chi connectivity index (χ0n) is 12.3. The number of hydrogen-bond donors (Lipinski definition) is 1. The largest absolute Gasteiger partial charge is 0.378 e. The van der Waals surface area contributed by atoms with Gasteiger partial charge in [-0.2, -0.15) is 0 Å². The van der Waals surface area contributed by atoms with Crippen LogP contribution in [0.15, 0.2) is 48.5 Å². The zero-order chi connectivity index (χ0) is 13.9. The maximum absolute atomic E-state index is 3.69. The lowest BCUT2D eigenvalue weighted by atomic mass is 10.1. The molecule has 104 valence electrons. The van der Waals surface area contributed by atoms with Gasteiger partial charge < -0.3 is 10.2 Å². The molecule has 3 rings (SSSR count). The van der Waals surface area contributed by atoms with Crippen LogP contribution in [-0.4, -0.2) is 19.0 Å². The zero-order valence-corrected chi connectivity index (χ0v) is 12.3. The van der Waals surface area contributed by atoms with Crippen LogP contribution < -0.4 is 5.32 Å². The van der Waals surface area contributed by atoms with Crippen molar-refractivity contribution in [1.29, 1.82) is 0 Å². The predicted molar refractivity (Wildman–Crippen MR) is 85.0 cm³/mol. The summed E-state index contributed by atoms with van der Waals surface area (Å²) in [6.07, 6.45) is 2.38. The fourth-order valence-corrected chi connectivity index (χ4v) is 3.03. The van der Waals surface area contributed by atoms with Gasteiger partial charge in [-0.1, -0.05) is 36.4 Å². The average molecular weight is 266 g/mol. The van der Waals surface area contributed by atoms with Crippen molar-refractivity contribution in [2.24, 2.45) is 0 Å². The van der Waals surface area contributed by atoms with Crippen LogP contribution in [0.3, 0.4) is 0 Å². The van der Waals surface area contributed by atoms with Gasteiger partial charge in [0, 0.05) is 12.2 Å². The smallest absolute Gasteiger partial charge is 0.0519 e. The minimum Gasteiger partial charge on any atom is -0.378 e. The van der Waals surface area contributed by atoms with Gasteiger partial charge in [0.1, 0.15) is 0 Å². The number of fused-ring (bicyclic) bond motifs is 1. The van der Waals surface area contributed by atoms with E-state index in [0.717, 1.165) is 6.54 Å². The van der Waals surface area contributed by atoms with Crippen molar-refractivity contribution in [3.8, 4) is 0 Å². The Kier molecular flexibility index (Phi) is 3.75. The molecule has 1 aliphatic rings. The van der Waals surface area contributed by atoms with Crippen LogP contribution in [0.2, 0.25) is 0 Å². The third-order valence-corrected chi connectivity index (χ3v) is 3.90. The Morgan fingerprint density at radius 3 is 2.80 bits per heavy atom. The number of nitrogens with one attached hydrogen (secondary N) is 1. The van der Waals surface area contributed by atoms with Crippen molar-refractivity contribution in [2.75, 3.05) is 19.4 Å². The number of anilines is 1. The first-order chi connectivity index (χ1) is 9.72. The summed E-state index contributed by atoms with van der Waals surface area (Å²) < 4.78 is 0. The maximum Gasteiger partial charge on any atom is 0.0519 e. The van der Waals surface area contributed by atoms with Crippen LogP contribution in [0, 0.1) is 0 Å². The van der Waals surface area contributed by atoms with Crippen LogP contribution in [0.4, 0.5) is 5.69 Å². The maximum atomic E-state index is 3.69. The number of hydrogen-bond acceptors (Lipinski definition) is 2. The van der Waals surface area contributed by atoms with Gasteiger partial charge in [0.2, 0.25) is 0 Å². The summed E-state index contributed by atoms with van der Waals surface area (Å²) in [4.78, 5) is 2.20. The molecule has 0 saturated carbocycles. The molecule has 1 N–H and O–H groups in total. The second-order valence-corrected chi connectivity index (χ2v) is 5.87. The van der Waals surface area contributed by atoms with Gasteiger partial charge in [0.05, 0.1) is 6.04 Å². The molecule has 0 amide bonds. The summed E-state index contributed by atoms with van der Waals surface area (Å²) in [5, 5.41) is 3.69. The van der Waals surface area contributed by atoms with Crippen molar-refractivity contribution in [1.82, 2.24) is 4.90 Å². The van der Waals surface area contributed by atoms with E-state index in [1.807, 2.05) is 0 Å². The Balaban J connectivity index is 1.76. The molecule has 2 aromatic rings. The van der Waals surface area contributed by atoms with E-state index in [1.54, 1.807) is 0 Å². The lowest BCUT2D eigenvalue weighted by molar-refractivity contribution is 0.402. The number of benzene rings is 2. The third-order valence-electron chi connectivity index (χ3n) is 3.90. The van der Waals surface area contributed by atoms with Crippen LogP contribution >= 0.6 is 0 Å². The van der Waals surface area contributed by atoms with Crippen LogP contribution in [0.5, 0.6) is 0 Å². The van der Waals surface area contributed by atoms with Crippen molar-refractivity contribution < 1.29 is 0 Å². The molecular weight excluding hydrogens is 244 g/mol. The first-order valence-electron chi connectivity index (χ1n) is 7.30. The Labute approximate surface area is 121 Å². The minimum absolute atomic E-state index is 0.459. The third kappa shape index (κ3) is 2.86. The summed E-state index contributed by atoms with van der Waals surface area (Å²) in [6, 6.07) is 18.0. The van der Waals surface area contributed by atoms with Crippen molar-refractivity contribution in [2.45, 2.75) is 25.4 Å². The molecule has 0 aromatic heterocycles. The molecule has 1 aliphatic carbocycles. The van der Waals surface area contributed by atoms with Crippen LogP contribution in [0.25, 0.3) is 0 Å². The van der Waals surface area contributed by atoms with Gasteiger partial charge in [-0.3, -0.25) is 0 Å². The van der Waals surface area contributed by atoms with Crippen LogP contribution in [-0.2, 0) is 13.0 Å². The Bertz CT molecular complexity index is 589. The molecular formula is C18H22N2. The molecule has 0 bridgehead atoms. The summed E-state index contributed by atoms with van der Waals surface area (Å²) >= 11 is 0. The lowest BCUT2D eigenvalue weighted by Crippen LogP contribution is -2.11. The van der Waals surface area contributed by atoms with E-state index in [4.69, 9.17) is 0 Å². The molecule has 2 nitrogen and oxygen atoms in total. The second kappa shape index (κ2) is 5.68. The van der Waals surface area contributed by atoms with Gasteiger partial charge in [0.15, 0.2) is 0 Å². The Hall–Kier alpha value is -1.80. The van der Waals surface area contributed by atoms with Gasteiger partial charge in [-0.05, 0) is 55.8 Å². The highest BCUT2D eigenvalue weighted by molar-refractivity contribution is 5.50. The quantitative estimate of drug-likeness (QED) is 0.904. The topological polar surface area (TPSA) is 15.3 Å². The highest BCUT2D eigenvalue weighted by Crippen LogP contribution is 2.33. The van der Waals surface area contributed by atoms with E-state index in [-0.39, 0.29) is 0 Å². The van der Waals surface area contributed by atoms with E-state index in [2.05, 4.69) is 72.8 Å².